The fourth-order valence-corrected chi connectivity index (χ4v) is 0.294. The quantitative estimate of drug-likeness (QED) is 0.450. The average Bonchev–Trinajstić information content (AvgIpc) is 1.52. The molecule has 1 N–H and O–H groups in total. The maximum absolute atomic E-state index is 10.0. The van der Waals surface area contributed by atoms with E-state index in [0.717, 1.165) is 0 Å². The van der Waals surface area contributed by atoms with Gasteiger partial charge in [-0.1, -0.05) is 0 Å². The monoisotopic (exact) mass is 333 g/mol. The van der Waals surface area contributed by atoms with Crippen LogP contribution in [0.15, 0.2) is 11.8 Å². The maximum atomic E-state index is 10.0. The third-order valence-corrected chi connectivity index (χ3v) is 0.412. The van der Waals surface area contributed by atoms with Gasteiger partial charge in [0.2, 0.25) is 0 Å². The summed E-state index contributed by atoms with van der Waals surface area (Å²) in [4.78, 5) is 10.0. The normalized spacial score (nSPS) is 11.7. The molecule has 0 saturated heterocycles. The second kappa shape index (κ2) is 7.51. The van der Waals surface area contributed by atoms with Crippen molar-refractivity contribution >= 4 is 42.5 Å². The molecule has 0 saturated carbocycles. The van der Waals surface area contributed by atoms with Gasteiger partial charge in [-0.25, -0.2) is 0 Å². The van der Waals surface area contributed by atoms with E-state index >= 15 is 0 Å². The van der Waals surface area contributed by atoms with E-state index < -0.39 is 12.8 Å². The number of aliphatic hydroxyl groups is 1. The van der Waals surface area contributed by atoms with E-state index in [1.54, 1.807) is 0 Å². The van der Waals surface area contributed by atoms with Gasteiger partial charge >= 0.3 is 49.6 Å². The van der Waals surface area contributed by atoms with Crippen molar-refractivity contribution in [2.24, 2.45) is 0 Å². The first-order valence-electron chi connectivity index (χ1n) is 2.68. The zero-order chi connectivity index (χ0) is 10.4. The minimum atomic E-state index is -3.21. The average molecular weight is 335 g/mol. The first-order chi connectivity index (χ1) is 5.13. The van der Waals surface area contributed by atoms with Crippen LogP contribution >= 0.6 is 36.8 Å². The number of ketones is 1. The third-order valence-electron chi connectivity index (χ3n) is 0.412. The van der Waals surface area contributed by atoms with E-state index in [2.05, 4.69) is 0 Å². The van der Waals surface area contributed by atoms with Crippen LogP contribution < -0.4 is 0 Å². The summed E-state index contributed by atoms with van der Waals surface area (Å²) in [7, 11) is 20.1. The van der Waals surface area contributed by atoms with Gasteiger partial charge in [0.25, 0.3) is 0 Å². The Bertz CT molecular complexity index is 165. The first kappa shape index (κ1) is 15.6. The van der Waals surface area contributed by atoms with E-state index in [9.17, 15) is 4.79 Å². The van der Waals surface area contributed by atoms with Crippen LogP contribution in [0.3, 0.4) is 0 Å². The molecule has 12 heavy (non-hydrogen) atoms. The van der Waals surface area contributed by atoms with E-state index in [1.165, 1.54) is 19.9 Å². The number of allylic oxidation sites excluding steroid dienone is 2. The molecule has 0 bridgehead atoms. The molecule has 0 aliphatic heterocycles. The summed E-state index contributed by atoms with van der Waals surface area (Å²) >= 11 is -3.21. The number of hydrogen-bond donors (Lipinski definition) is 1. The van der Waals surface area contributed by atoms with Gasteiger partial charge < -0.3 is 5.11 Å². The molecule has 0 rings (SSSR count). The van der Waals surface area contributed by atoms with Crippen molar-refractivity contribution in [3.63, 3.8) is 0 Å². The Kier molecular flexibility index (Phi) is 9.75. The molecule has 0 aromatic rings. The fourth-order valence-electron chi connectivity index (χ4n) is 0.294. The second-order valence-corrected chi connectivity index (χ2v) is 21.8. The number of aliphatic hydroxyl groups excluding tert-OH is 1. The van der Waals surface area contributed by atoms with Crippen LogP contribution in [0.2, 0.25) is 0 Å². The summed E-state index contributed by atoms with van der Waals surface area (Å²) in [6.45, 7) is 2.85. The molecule has 2 nitrogen and oxygen atoms in total. The van der Waals surface area contributed by atoms with Crippen LogP contribution in [0, 0.1) is 0 Å². The predicted molar refractivity (Wildman–Crippen MR) is 50.5 cm³/mol. The van der Waals surface area contributed by atoms with E-state index in [-0.39, 0.29) is 11.5 Å². The summed E-state index contributed by atoms with van der Waals surface area (Å²) in [6.07, 6.45) is 1.17. The molecule has 0 aromatic carbocycles. The van der Waals surface area contributed by atoms with Crippen molar-refractivity contribution in [3.05, 3.63) is 11.8 Å². The Morgan fingerprint density at radius 1 is 1.25 bits per heavy atom. The zero-order valence-electron chi connectivity index (χ0n) is 6.39. The third kappa shape index (κ3) is 43.5. The number of hydrogen-bond acceptors (Lipinski definition) is 2. The van der Waals surface area contributed by atoms with Crippen molar-refractivity contribution in [1.82, 2.24) is 0 Å². The van der Waals surface area contributed by atoms with Gasteiger partial charge in [0.05, 0.1) is 5.76 Å². The number of halogens is 4. The number of rotatable bonds is 1. The molecular weight excluding hydrogens is 327 g/mol. The summed E-state index contributed by atoms with van der Waals surface area (Å²) in [5, 5.41) is 8.36. The topological polar surface area (TPSA) is 37.3 Å². The van der Waals surface area contributed by atoms with Crippen molar-refractivity contribution in [3.8, 4) is 0 Å². The van der Waals surface area contributed by atoms with Crippen LogP contribution in [0.4, 0.5) is 0 Å². The van der Waals surface area contributed by atoms with E-state index in [0.29, 0.717) is 0 Å². The van der Waals surface area contributed by atoms with Crippen molar-refractivity contribution in [1.29, 1.82) is 0 Å². The van der Waals surface area contributed by atoms with Gasteiger partial charge in [0.15, 0.2) is 5.78 Å². The van der Waals surface area contributed by atoms with Crippen LogP contribution in [0.1, 0.15) is 13.8 Å². The molecule has 7 heteroatoms. The fraction of sp³-hybridized carbons (Fsp3) is 0.400. The SMILES string of the molecule is CC(=O)/C=C(/C)O.[Cl][Nb]([Cl])([Cl])[Cl]. The van der Waals surface area contributed by atoms with Gasteiger partial charge in [0, 0.05) is 6.08 Å². The molecule has 0 spiro atoms. The summed E-state index contributed by atoms with van der Waals surface area (Å²) < 4.78 is 0. The molecule has 0 aliphatic rings. The van der Waals surface area contributed by atoms with Crippen LogP contribution in [0.5, 0.6) is 0 Å². The molecular formula is C5H8Cl4NbO2. The van der Waals surface area contributed by atoms with Crippen molar-refractivity contribution in [2.45, 2.75) is 13.8 Å². The standard InChI is InChI=1S/C5H8O2.4ClH.Nb/c1-4(6)3-5(2)7;;;;;/h3,6H,1-2H3;4*1H;/q;;;;;+4/p-4/b4-3-;;;;;. The Morgan fingerprint density at radius 3 is 1.50 bits per heavy atom. The second-order valence-electron chi connectivity index (χ2n) is 1.78. The Balaban J connectivity index is 0. The summed E-state index contributed by atoms with van der Waals surface area (Å²) in [5.41, 5.74) is 0. The number of carbonyl (C=O) groups is 1. The summed E-state index contributed by atoms with van der Waals surface area (Å²) in [6, 6.07) is 0. The van der Waals surface area contributed by atoms with Crippen LogP contribution in [-0.2, 0) is 17.6 Å². The van der Waals surface area contributed by atoms with Crippen LogP contribution in [-0.4, -0.2) is 10.9 Å². The molecule has 0 amide bonds. The van der Waals surface area contributed by atoms with Gasteiger partial charge in [-0.2, -0.15) is 0 Å². The molecule has 0 atom stereocenters. The van der Waals surface area contributed by atoms with Gasteiger partial charge in [-0.3, -0.25) is 4.79 Å². The minimum absolute atomic E-state index is 0.0625. The Hall–Kier alpha value is 1.11. The van der Waals surface area contributed by atoms with Gasteiger partial charge in [0.1, 0.15) is 0 Å². The van der Waals surface area contributed by atoms with E-state index in [4.69, 9.17) is 41.9 Å². The van der Waals surface area contributed by atoms with Crippen LogP contribution in [0.25, 0.3) is 0 Å². The molecule has 0 unspecified atom stereocenters. The number of carbonyl (C=O) groups excluding carboxylic acids is 1. The molecule has 0 aliphatic carbocycles. The van der Waals surface area contributed by atoms with E-state index in [1.807, 2.05) is 0 Å². The molecule has 73 valence electrons. The molecule has 0 radical (unpaired) electrons. The first-order valence-corrected chi connectivity index (χ1v) is 14.0. The Morgan fingerprint density at radius 2 is 1.50 bits per heavy atom. The summed E-state index contributed by atoms with van der Waals surface area (Å²) in [5.74, 6) is -0.0625. The zero-order valence-corrected chi connectivity index (χ0v) is 11.6. The van der Waals surface area contributed by atoms with Crippen molar-refractivity contribution in [2.75, 3.05) is 0 Å². The predicted octanol–water partition coefficient (Wildman–Crippen LogP) is 3.79. The Labute approximate surface area is 90.3 Å². The van der Waals surface area contributed by atoms with Gasteiger partial charge in [-0.05, 0) is 13.8 Å². The molecule has 0 fully saturated rings. The molecule has 0 heterocycles. The molecule has 0 aromatic heterocycles. The van der Waals surface area contributed by atoms with Gasteiger partial charge in [-0.15, -0.1) is 0 Å². The van der Waals surface area contributed by atoms with Crippen molar-refractivity contribution < 1.29 is 22.7 Å².